The molecule has 1 N–H and O–H groups in total. The molecule has 0 unspecified atom stereocenters. The first-order valence-corrected chi connectivity index (χ1v) is 9.94. The Bertz CT molecular complexity index is 644. The number of thiophene rings is 1. The molecule has 1 aromatic heterocycles. The molecule has 3 rings (SSSR count). The van der Waals surface area contributed by atoms with E-state index in [1.807, 2.05) is 0 Å². The second kappa shape index (κ2) is 6.17. The molecule has 0 spiro atoms. The van der Waals surface area contributed by atoms with Crippen molar-refractivity contribution >= 4 is 27.2 Å². The predicted octanol–water partition coefficient (Wildman–Crippen LogP) is 1.61. The van der Waals surface area contributed by atoms with Crippen molar-refractivity contribution in [1.82, 2.24) is 10.2 Å². The number of sulfone groups is 1. The number of hydrogen-bond acceptors (Lipinski definition) is 5. The summed E-state index contributed by atoms with van der Waals surface area (Å²) in [5.74, 6) is 0.0931. The Hall–Kier alpha value is -1.12. The summed E-state index contributed by atoms with van der Waals surface area (Å²) in [4.78, 5) is 14.8. The summed E-state index contributed by atoms with van der Waals surface area (Å²) in [6.07, 6.45) is 2.40. The summed E-state index contributed by atoms with van der Waals surface area (Å²) in [5.41, 5.74) is 0. The molecule has 2 bridgehead atoms. The number of nitrogens with zero attached hydrogens (tertiary/aromatic N) is 1. The second-order valence-electron chi connectivity index (χ2n) is 5.65. The van der Waals surface area contributed by atoms with E-state index in [4.69, 9.17) is 4.74 Å². The molecule has 8 heteroatoms. The topological polar surface area (TPSA) is 75.7 Å². The SMILES string of the molecule is CCS(=O)(=O)c1ccc(CNC(=O)N2C[C@H]3CC[C@@H](C2)O3)s1. The highest BCUT2D eigenvalue weighted by Crippen LogP contribution is 2.26. The standard InChI is InChI=1S/C14H20N2O4S2/c1-2-22(18,19)13-6-5-12(21-13)7-15-14(17)16-8-10-3-4-11(9-16)20-10/h5-6,10-11H,2-4,7-9H2,1H3,(H,15,17)/t10-,11+. The third-order valence-corrected chi connectivity index (χ3v) is 7.47. The average Bonchev–Trinajstić information content (AvgIpc) is 3.11. The highest BCUT2D eigenvalue weighted by molar-refractivity contribution is 7.93. The van der Waals surface area contributed by atoms with Crippen LogP contribution in [0.5, 0.6) is 0 Å². The Balaban J connectivity index is 1.55. The number of carbonyl (C=O) groups excluding carboxylic acids is 1. The third-order valence-electron chi connectivity index (χ3n) is 4.07. The molecule has 22 heavy (non-hydrogen) atoms. The molecule has 0 aliphatic carbocycles. The number of amides is 2. The first kappa shape index (κ1) is 15.8. The van der Waals surface area contributed by atoms with Gasteiger partial charge in [-0.15, -0.1) is 11.3 Å². The van der Waals surface area contributed by atoms with Gasteiger partial charge in [-0.1, -0.05) is 6.92 Å². The van der Waals surface area contributed by atoms with Gasteiger partial charge in [0.25, 0.3) is 0 Å². The van der Waals surface area contributed by atoms with Gasteiger partial charge in [0.15, 0.2) is 9.84 Å². The van der Waals surface area contributed by atoms with E-state index in [-0.39, 0.29) is 24.0 Å². The van der Waals surface area contributed by atoms with E-state index < -0.39 is 9.84 Å². The molecule has 0 radical (unpaired) electrons. The zero-order valence-electron chi connectivity index (χ0n) is 12.4. The molecule has 1 aromatic rings. The van der Waals surface area contributed by atoms with Crippen LogP contribution in [0.15, 0.2) is 16.3 Å². The zero-order valence-corrected chi connectivity index (χ0v) is 14.1. The summed E-state index contributed by atoms with van der Waals surface area (Å²) in [5, 5.41) is 2.87. The largest absolute Gasteiger partial charge is 0.371 e. The summed E-state index contributed by atoms with van der Waals surface area (Å²) in [6.45, 7) is 3.27. The van der Waals surface area contributed by atoms with Crippen molar-refractivity contribution in [2.45, 2.75) is 42.7 Å². The van der Waals surface area contributed by atoms with Crippen molar-refractivity contribution < 1.29 is 17.9 Å². The van der Waals surface area contributed by atoms with E-state index in [0.717, 1.165) is 17.7 Å². The number of likely N-dealkylation sites (tertiary alicyclic amines) is 1. The highest BCUT2D eigenvalue weighted by Gasteiger charge is 2.35. The minimum absolute atomic E-state index is 0.0931. The van der Waals surface area contributed by atoms with E-state index in [1.165, 1.54) is 11.3 Å². The van der Waals surface area contributed by atoms with Crippen molar-refractivity contribution in [2.75, 3.05) is 18.8 Å². The number of fused-ring (bicyclic) bond motifs is 2. The van der Waals surface area contributed by atoms with Gasteiger partial charge in [0.2, 0.25) is 0 Å². The first-order valence-electron chi connectivity index (χ1n) is 7.47. The van der Waals surface area contributed by atoms with Crippen molar-refractivity contribution in [3.05, 3.63) is 17.0 Å². The number of ether oxygens (including phenoxy) is 1. The van der Waals surface area contributed by atoms with E-state index in [0.29, 0.717) is 23.8 Å². The molecule has 0 aromatic carbocycles. The predicted molar refractivity (Wildman–Crippen MR) is 83.7 cm³/mol. The molecule has 6 nitrogen and oxygen atoms in total. The van der Waals surface area contributed by atoms with E-state index >= 15 is 0 Å². The molecule has 2 atom stereocenters. The van der Waals surface area contributed by atoms with Crippen molar-refractivity contribution in [2.24, 2.45) is 0 Å². The van der Waals surface area contributed by atoms with Gasteiger partial charge in [-0.25, -0.2) is 13.2 Å². The number of urea groups is 1. The average molecular weight is 344 g/mol. The van der Waals surface area contributed by atoms with E-state index in [9.17, 15) is 13.2 Å². The van der Waals surface area contributed by atoms with Crippen LogP contribution >= 0.6 is 11.3 Å². The van der Waals surface area contributed by atoms with Gasteiger partial charge in [0.05, 0.1) is 24.5 Å². The van der Waals surface area contributed by atoms with Crippen LogP contribution in [0, 0.1) is 0 Å². The molecule has 2 aliphatic rings. The Labute approximate surface area is 134 Å². The van der Waals surface area contributed by atoms with Crippen LogP contribution in [0.1, 0.15) is 24.6 Å². The summed E-state index contributed by atoms with van der Waals surface area (Å²) in [7, 11) is -3.16. The number of nitrogens with one attached hydrogen (secondary N) is 1. The fraction of sp³-hybridized carbons (Fsp3) is 0.643. The fourth-order valence-electron chi connectivity index (χ4n) is 2.82. The monoisotopic (exact) mass is 344 g/mol. The lowest BCUT2D eigenvalue weighted by atomic mass is 10.2. The normalized spacial score (nSPS) is 24.5. The van der Waals surface area contributed by atoms with Crippen LogP contribution in [0.4, 0.5) is 4.79 Å². The maximum atomic E-state index is 12.2. The van der Waals surface area contributed by atoms with Gasteiger partial charge in [0, 0.05) is 18.0 Å². The van der Waals surface area contributed by atoms with Gasteiger partial charge in [-0.2, -0.15) is 0 Å². The van der Waals surface area contributed by atoms with Crippen LogP contribution < -0.4 is 5.32 Å². The Morgan fingerprint density at radius 2 is 2.05 bits per heavy atom. The van der Waals surface area contributed by atoms with E-state index in [2.05, 4.69) is 5.32 Å². The highest BCUT2D eigenvalue weighted by atomic mass is 32.2. The van der Waals surface area contributed by atoms with Gasteiger partial charge in [-0.3, -0.25) is 0 Å². The van der Waals surface area contributed by atoms with Gasteiger partial charge in [0.1, 0.15) is 4.21 Å². The van der Waals surface area contributed by atoms with Crippen LogP contribution in [0.3, 0.4) is 0 Å². The maximum Gasteiger partial charge on any atom is 0.317 e. The fourth-order valence-corrected chi connectivity index (χ4v) is 5.24. The lowest BCUT2D eigenvalue weighted by molar-refractivity contribution is -0.0238. The van der Waals surface area contributed by atoms with Gasteiger partial charge in [-0.05, 0) is 25.0 Å². The van der Waals surface area contributed by atoms with Crippen LogP contribution in [-0.4, -0.2) is 50.4 Å². The Morgan fingerprint density at radius 3 is 2.68 bits per heavy atom. The molecule has 2 fully saturated rings. The Morgan fingerprint density at radius 1 is 1.36 bits per heavy atom. The summed E-state index contributed by atoms with van der Waals surface area (Å²) < 4.78 is 29.6. The minimum atomic E-state index is -3.16. The van der Waals surface area contributed by atoms with Gasteiger partial charge >= 0.3 is 6.03 Å². The van der Waals surface area contributed by atoms with Crippen molar-refractivity contribution in [1.29, 1.82) is 0 Å². The maximum absolute atomic E-state index is 12.2. The van der Waals surface area contributed by atoms with Crippen molar-refractivity contribution in [3.63, 3.8) is 0 Å². The number of morpholine rings is 1. The third kappa shape index (κ3) is 3.28. The second-order valence-corrected chi connectivity index (χ2v) is 9.32. The number of carbonyl (C=O) groups is 1. The van der Waals surface area contributed by atoms with Crippen LogP contribution in [0.25, 0.3) is 0 Å². The van der Waals surface area contributed by atoms with E-state index in [1.54, 1.807) is 24.0 Å². The number of hydrogen-bond donors (Lipinski definition) is 1. The molecule has 0 saturated carbocycles. The molecule has 122 valence electrons. The molecular weight excluding hydrogens is 324 g/mol. The summed E-state index contributed by atoms with van der Waals surface area (Å²) >= 11 is 1.22. The van der Waals surface area contributed by atoms with Gasteiger partial charge < -0.3 is 15.0 Å². The lowest BCUT2D eigenvalue weighted by Gasteiger charge is -2.32. The molecule has 3 heterocycles. The van der Waals surface area contributed by atoms with Crippen LogP contribution in [-0.2, 0) is 21.1 Å². The lowest BCUT2D eigenvalue weighted by Crippen LogP contribution is -2.49. The van der Waals surface area contributed by atoms with Crippen LogP contribution in [0.2, 0.25) is 0 Å². The quantitative estimate of drug-likeness (QED) is 0.900. The molecule has 2 saturated heterocycles. The molecule has 2 amide bonds. The number of rotatable bonds is 4. The first-order chi connectivity index (χ1) is 10.5. The summed E-state index contributed by atoms with van der Waals surface area (Å²) in [6, 6.07) is 3.27. The molecule has 2 aliphatic heterocycles. The minimum Gasteiger partial charge on any atom is -0.371 e. The zero-order chi connectivity index (χ0) is 15.7. The Kier molecular flexibility index (Phi) is 4.42. The molecular formula is C14H20N2O4S2. The smallest absolute Gasteiger partial charge is 0.317 e. The van der Waals surface area contributed by atoms with Crippen molar-refractivity contribution in [3.8, 4) is 0 Å².